The Labute approximate surface area is 123 Å². The summed E-state index contributed by atoms with van der Waals surface area (Å²) in [5.41, 5.74) is 7.26. The molecular weight excluding hydrogens is 268 g/mol. The molecule has 1 aliphatic rings. The van der Waals surface area contributed by atoms with Gasteiger partial charge in [0.05, 0.1) is 12.7 Å². The topological polar surface area (TPSA) is 87.1 Å². The van der Waals surface area contributed by atoms with Crippen LogP contribution in [0.15, 0.2) is 22.9 Å². The number of ether oxygens (including phenoxy) is 1. The van der Waals surface area contributed by atoms with Crippen LogP contribution in [0.3, 0.4) is 0 Å². The van der Waals surface area contributed by atoms with Gasteiger partial charge in [-0.25, -0.2) is 0 Å². The van der Waals surface area contributed by atoms with Crippen molar-refractivity contribution in [1.29, 1.82) is 0 Å². The Bertz CT molecular complexity index is 620. The summed E-state index contributed by atoms with van der Waals surface area (Å²) in [6.45, 7) is 4.17. The molecule has 0 bridgehead atoms. The van der Waals surface area contributed by atoms with Gasteiger partial charge >= 0.3 is 0 Å². The molecule has 2 aromatic rings. The molecule has 0 aromatic carbocycles. The van der Waals surface area contributed by atoms with Crippen LogP contribution in [0.5, 0.6) is 0 Å². The van der Waals surface area contributed by atoms with E-state index < -0.39 is 5.54 Å². The van der Waals surface area contributed by atoms with Crippen molar-refractivity contribution in [3.05, 3.63) is 29.8 Å². The lowest BCUT2D eigenvalue weighted by molar-refractivity contribution is -0.0222. The highest BCUT2D eigenvalue weighted by molar-refractivity contribution is 5.52. The standard InChI is InChI=1S/C15H20N4O2/c1-10-8-11(6-7-17-10)13-18-14(19-21-13)15(2,16)9-20-12-4-3-5-12/h6-8,12H,3-5,9,16H2,1-2H3. The van der Waals surface area contributed by atoms with Crippen molar-refractivity contribution in [2.24, 2.45) is 5.73 Å². The van der Waals surface area contributed by atoms with Crippen LogP contribution in [0.1, 0.15) is 37.7 Å². The van der Waals surface area contributed by atoms with E-state index in [0.29, 0.717) is 24.4 Å². The van der Waals surface area contributed by atoms with Crippen LogP contribution in [-0.4, -0.2) is 27.8 Å². The predicted octanol–water partition coefficient (Wildman–Crippen LogP) is 2.18. The minimum Gasteiger partial charge on any atom is -0.376 e. The van der Waals surface area contributed by atoms with E-state index in [-0.39, 0.29) is 0 Å². The number of nitrogens with zero attached hydrogens (tertiary/aromatic N) is 3. The molecule has 1 saturated carbocycles. The summed E-state index contributed by atoms with van der Waals surface area (Å²) in [6.07, 6.45) is 5.52. The second-order valence-corrected chi connectivity index (χ2v) is 5.89. The number of hydrogen-bond acceptors (Lipinski definition) is 6. The Morgan fingerprint density at radius 3 is 2.95 bits per heavy atom. The van der Waals surface area contributed by atoms with E-state index in [4.69, 9.17) is 15.0 Å². The molecule has 112 valence electrons. The van der Waals surface area contributed by atoms with Crippen molar-refractivity contribution in [3.8, 4) is 11.5 Å². The lowest BCUT2D eigenvalue weighted by Crippen LogP contribution is -2.41. The second kappa shape index (κ2) is 5.54. The molecule has 1 aliphatic carbocycles. The molecule has 6 heteroatoms. The van der Waals surface area contributed by atoms with Crippen LogP contribution in [-0.2, 0) is 10.3 Å². The Kier molecular flexibility index (Phi) is 3.73. The maximum atomic E-state index is 6.26. The zero-order chi connectivity index (χ0) is 14.9. The summed E-state index contributed by atoms with van der Waals surface area (Å²) >= 11 is 0. The molecule has 3 rings (SSSR count). The molecule has 0 radical (unpaired) electrons. The first-order chi connectivity index (χ1) is 10.0. The fourth-order valence-electron chi connectivity index (χ4n) is 2.14. The lowest BCUT2D eigenvalue weighted by Gasteiger charge is -2.29. The average Bonchev–Trinajstić information content (AvgIpc) is 2.87. The lowest BCUT2D eigenvalue weighted by atomic mass is 9.95. The average molecular weight is 288 g/mol. The molecule has 0 spiro atoms. The number of hydrogen-bond donors (Lipinski definition) is 1. The van der Waals surface area contributed by atoms with Gasteiger partial charge in [0.1, 0.15) is 5.54 Å². The first-order valence-corrected chi connectivity index (χ1v) is 7.22. The van der Waals surface area contributed by atoms with Crippen LogP contribution >= 0.6 is 0 Å². The molecule has 0 aliphatic heterocycles. The van der Waals surface area contributed by atoms with Crippen molar-refractivity contribution in [3.63, 3.8) is 0 Å². The largest absolute Gasteiger partial charge is 0.376 e. The Morgan fingerprint density at radius 1 is 1.48 bits per heavy atom. The molecule has 1 fully saturated rings. The third-order valence-corrected chi connectivity index (χ3v) is 3.75. The highest BCUT2D eigenvalue weighted by atomic mass is 16.5. The first-order valence-electron chi connectivity index (χ1n) is 7.22. The van der Waals surface area contributed by atoms with Gasteiger partial charge in [-0.2, -0.15) is 4.98 Å². The molecular formula is C15H20N4O2. The van der Waals surface area contributed by atoms with E-state index in [1.807, 2.05) is 26.0 Å². The van der Waals surface area contributed by atoms with Crippen molar-refractivity contribution in [1.82, 2.24) is 15.1 Å². The van der Waals surface area contributed by atoms with Gasteiger partial charge in [0.2, 0.25) is 0 Å². The molecule has 1 unspecified atom stereocenters. The van der Waals surface area contributed by atoms with Crippen LogP contribution in [0.2, 0.25) is 0 Å². The van der Waals surface area contributed by atoms with E-state index in [0.717, 1.165) is 24.1 Å². The van der Waals surface area contributed by atoms with Crippen molar-refractivity contribution in [2.45, 2.75) is 44.8 Å². The fraction of sp³-hybridized carbons (Fsp3) is 0.533. The van der Waals surface area contributed by atoms with Gasteiger partial charge in [-0.05, 0) is 45.2 Å². The van der Waals surface area contributed by atoms with E-state index in [9.17, 15) is 0 Å². The molecule has 2 aromatic heterocycles. The van der Waals surface area contributed by atoms with Gasteiger partial charge in [-0.15, -0.1) is 0 Å². The van der Waals surface area contributed by atoms with Gasteiger partial charge in [0, 0.05) is 17.5 Å². The number of aryl methyl sites for hydroxylation is 1. The zero-order valence-corrected chi connectivity index (χ0v) is 12.4. The number of pyridine rings is 1. The number of rotatable bonds is 5. The van der Waals surface area contributed by atoms with Gasteiger partial charge in [-0.3, -0.25) is 4.98 Å². The summed E-state index contributed by atoms with van der Waals surface area (Å²) < 4.78 is 11.1. The van der Waals surface area contributed by atoms with Gasteiger partial charge in [-0.1, -0.05) is 5.16 Å². The molecule has 2 N–H and O–H groups in total. The smallest absolute Gasteiger partial charge is 0.258 e. The summed E-state index contributed by atoms with van der Waals surface area (Å²) in [4.78, 5) is 8.56. The quantitative estimate of drug-likeness (QED) is 0.907. The van der Waals surface area contributed by atoms with E-state index >= 15 is 0 Å². The van der Waals surface area contributed by atoms with Crippen molar-refractivity contribution in [2.75, 3.05) is 6.61 Å². The number of nitrogens with two attached hydrogens (primary N) is 1. The van der Waals surface area contributed by atoms with Crippen LogP contribution in [0, 0.1) is 6.92 Å². The Balaban J connectivity index is 1.73. The Hall–Kier alpha value is -1.79. The highest BCUT2D eigenvalue weighted by Crippen LogP contribution is 2.26. The maximum absolute atomic E-state index is 6.26. The monoisotopic (exact) mass is 288 g/mol. The number of aromatic nitrogens is 3. The van der Waals surface area contributed by atoms with Gasteiger partial charge in [0.15, 0.2) is 5.82 Å². The van der Waals surface area contributed by atoms with E-state index in [1.165, 1.54) is 6.42 Å². The van der Waals surface area contributed by atoms with E-state index in [1.54, 1.807) is 6.20 Å². The normalized spacial score (nSPS) is 18.2. The highest BCUT2D eigenvalue weighted by Gasteiger charge is 2.30. The van der Waals surface area contributed by atoms with Crippen LogP contribution < -0.4 is 5.73 Å². The van der Waals surface area contributed by atoms with Gasteiger partial charge in [0.25, 0.3) is 5.89 Å². The van der Waals surface area contributed by atoms with Crippen LogP contribution in [0.25, 0.3) is 11.5 Å². The summed E-state index contributed by atoms with van der Waals surface area (Å²) in [5.74, 6) is 0.919. The molecule has 2 heterocycles. The molecule has 6 nitrogen and oxygen atoms in total. The molecule has 0 amide bonds. The molecule has 1 atom stereocenters. The summed E-state index contributed by atoms with van der Waals surface area (Å²) in [5, 5.41) is 4.00. The predicted molar refractivity (Wildman–Crippen MR) is 77.4 cm³/mol. The fourth-order valence-corrected chi connectivity index (χ4v) is 2.14. The van der Waals surface area contributed by atoms with E-state index in [2.05, 4.69) is 15.1 Å². The minimum absolute atomic E-state index is 0.335. The second-order valence-electron chi connectivity index (χ2n) is 5.89. The molecule has 0 saturated heterocycles. The summed E-state index contributed by atoms with van der Waals surface area (Å²) in [6, 6.07) is 3.74. The Morgan fingerprint density at radius 2 is 2.29 bits per heavy atom. The zero-order valence-electron chi connectivity index (χ0n) is 12.4. The third kappa shape index (κ3) is 3.11. The van der Waals surface area contributed by atoms with Crippen molar-refractivity contribution >= 4 is 0 Å². The third-order valence-electron chi connectivity index (χ3n) is 3.75. The summed E-state index contributed by atoms with van der Waals surface area (Å²) in [7, 11) is 0. The first kappa shape index (κ1) is 14.2. The van der Waals surface area contributed by atoms with Gasteiger partial charge < -0.3 is 15.0 Å². The SMILES string of the molecule is Cc1cc(-c2nc(C(C)(N)COC3CCC3)no2)ccn1. The minimum atomic E-state index is -0.751. The van der Waals surface area contributed by atoms with Crippen molar-refractivity contribution < 1.29 is 9.26 Å². The maximum Gasteiger partial charge on any atom is 0.258 e. The van der Waals surface area contributed by atoms with Crippen LogP contribution in [0.4, 0.5) is 0 Å². The molecule has 21 heavy (non-hydrogen) atoms.